The summed E-state index contributed by atoms with van der Waals surface area (Å²) in [5.41, 5.74) is 9.24. The van der Waals surface area contributed by atoms with E-state index in [2.05, 4.69) is 182 Å². The zero-order valence-corrected chi connectivity index (χ0v) is 27.7. The lowest BCUT2D eigenvalue weighted by Gasteiger charge is -2.20. The van der Waals surface area contributed by atoms with Crippen LogP contribution in [0.1, 0.15) is 0 Å². The number of rotatable bonds is 3. The van der Waals surface area contributed by atoms with Crippen LogP contribution in [0.3, 0.4) is 0 Å². The highest BCUT2D eigenvalue weighted by Gasteiger charge is 2.19. The molecule has 0 bridgehead atoms. The molecule has 0 fully saturated rings. The maximum atomic E-state index is 6.49. The minimum atomic E-state index is 0.910. The van der Waals surface area contributed by atoms with Crippen molar-refractivity contribution in [3.8, 4) is 33.4 Å². The van der Waals surface area contributed by atoms with Crippen molar-refractivity contribution in [2.75, 3.05) is 0 Å². The molecule has 0 N–H and O–H groups in total. The van der Waals surface area contributed by atoms with Gasteiger partial charge >= 0.3 is 0 Å². The molecule has 10 aromatic carbocycles. The average molecular weight is 647 g/mol. The molecule has 0 amide bonds. The van der Waals surface area contributed by atoms with Crippen molar-refractivity contribution in [1.29, 1.82) is 0 Å². The molecule has 0 aliphatic rings. The number of furan rings is 1. The number of hydrogen-bond donors (Lipinski definition) is 0. The standard InChI is InChI=1S/C50H30O/c1-2-13-33-27-36(22-21-31(33)11-1)48-40-17-7-9-19-42(40)49(43-20-10-8-18-41(43)48)46-30-37(28-35-14-4-5-15-38(35)46)34-24-26-47-45(29-34)44-25-23-32-12-3-6-16-39(32)50(44)51-47/h1-30H. The third-order valence-electron chi connectivity index (χ3n) is 10.8. The monoisotopic (exact) mass is 646 g/mol. The Morgan fingerprint density at radius 1 is 0.275 bits per heavy atom. The maximum absolute atomic E-state index is 6.49. The minimum Gasteiger partial charge on any atom is -0.455 e. The molecule has 0 aliphatic carbocycles. The molecule has 0 aliphatic heterocycles. The molecule has 0 radical (unpaired) electrons. The van der Waals surface area contributed by atoms with Crippen molar-refractivity contribution in [3.63, 3.8) is 0 Å². The van der Waals surface area contributed by atoms with Crippen LogP contribution in [0.5, 0.6) is 0 Å². The van der Waals surface area contributed by atoms with Crippen LogP contribution in [-0.2, 0) is 0 Å². The van der Waals surface area contributed by atoms with Gasteiger partial charge in [-0.3, -0.25) is 0 Å². The largest absolute Gasteiger partial charge is 0.455 e. The summed E-state index contributed by atoms with van der Waals surface area (Å²) in [6, 6.07) is 66.5. The fourth-order valence-electron chi connectivity index (χ4n) is 8.44. The molecule has 1 aromatic heterocycles. The van der Waals surface area contributed by atoms with Gasteiger partial charge in [-0.25, -0.2) is 0 Å². The summed E-state index contributed by atoms with van der Waals surface area (Å²) in [6.07, 6.45) is 0. The minimum absolute atomic E-state index is 0.910. The Balaban J connectivity index is 1.19. The summed E-state index contributed by atoms with van der Waals surface area (Å²) in [5, 5.41) is 14.6. The van der Waals surface area contributed by atoms with Crippen molar-refractivity contribution in [2.24, 2.45) is 0 Å². The Bertz CT molecular complexity index is 3140. The van der Waals surface area contributed by atoms with Crippen LogP contribution >= 0.6 is 0 Å². The highest BCUT2D eigenvalue weighted by molar-refractivity contribution is 6.24. The van der Waals surface area contributed by atoms with Crippen LogP contribution in [0.2, 0.25) is 0 Å². The summed E-state index contributed by atoms with van der Waals surface area (Å²) in [7, 11) is 0. The van der Waals surface area contributed by atoms with Gasteiger partial charge in [0.25, 0.3) is 0 Å². The van der Waals surface area contributed by atoms with E-state index in [1.54, 1.807) is 0 Å². The molecular formula is C50H30O. The third kappa shape index (κ3) is 4.28. The van der Waals surface area contributed by atoms with Gasteiger partial charge in [0.05, 0.1) is 0 Å². The quantitative estimate of drug-likeness (QED) is 0.174. The Morgan fingerprint density at radius 3 is 1.57 bits per heavy atom. The van der Waals surface area contributed by atoms with Gasteiger partial charge < -0.3 is 4.42 Å². The Hall–Kier alpha value is -6.70. The first kappa shape index (κ1) is 28.2. The van der Waals surface area contributed by atoms with Crippen LogP contribution in [0.25, 0.3) is 109 Å². The van der Waals surface area contributed by atoms with Gasteiger partial charge in [0.2, 0.25) is 0 Å². The second kappa shape index (κ2) is 10.9. The van der Waals surface area contributed by atoms with Crippen molar-refractivity contribution >= 4 is 75.8 Å². The van der Waals surface area contributed by atoms with Crippen LogP contribution in [0.4, 0.5) is 0 Å². The first-order valence-corrected chi connectivity index (χ1v) is 17.6. The molecule has 1 heteroatoms. The highest BCUT2D eigenvalue weighted by atomic mass is 16.3. The highest BCUT2D eigenvalue weighted by Crippen LogP contribution is 2.47. The molecule has 11 rings (SSSR count). The second-order valence-corrected chi connectivity index (χ2v) is 13.6. The smallest absolute Gasteiger partial charge is 0.143 e. The second-order valence-electron chi connectivity index (χ2n) is 13.6. The molecule has 0 spiro atoms. The van der Waals surface area contributed by atoms with Crippen molar-refractivity contribution in [2.45, 2.75) is 0 Å². The molecular weight excluding hydrogens is 617 g/mol. The van der Waals surface area contributed by atoms with Crippen molar-refractivity contribution in [1.82, 2.24) is 0 Å². The van der Waals surface area contributed by atoms with Gasteiger partial charge in [-0.05, 0) is 118 Å². The van der Waals surface area contributed by atoms with E-state index in [-0.39, 0.29) is 0 Å². The van der Waals surface area contributed by atoms with Gasteiger partial charge in [-0.2, -0.15) is 0 Å². The van der Waals surface area contributed by atoms with E-state index in [1.165, 1.54) is 81.9 Å². The molecule has 11 aromatic rings. The lowest BCUT2D eigenvalue weighted by atomic mass is 9.83. The summed E-state index contributed by atoms with van der Waals surface area (Å²) in [6.45, 7) is 0. The maximum Gasteiger partial charge on any atom is 0.143 e. The van der Waals surface area contributed by atoms with E-state index in [0.29, 0.717) is 0 Å². The van der Waals surface area contributed by atoms with Crippen LogP contribution in [0.15, 0.2) is 186 Å². The first-order chi connectivity index (χ1) is 25.3. The van der Waals surface area contributed by atoms with Gasteiger partial charge in [-0.1, -0.05) is 146 Å². The summed E-state index contributed by atoms with van der Waals surface area (Å²) in [4.78, 5) is 0. The van der Waals surface area contributed by atoms with E-state index >= 15 is 0 Å². The van der Waals surface area contributed by atoms with Crippen LogP contribution in [0, 0.1) is 0 Å². The molecule has 0 saturated heterocycles. The third-order valence-corrected chi connectivity index (χ3v) is 10.8. The summed E-state index contributed by atoms with van der Waals surface area (Å²) in [5.74, 6) is 0. The van der Waals surface area contributed by atoms with Crippen LogP contribution in [-0.4, -0.2) is 0 Å². The summed E-state index contributed by atoms with van der Waals surface area (Å²) >= 11 is 0. The number of fused-ring (bicyclic) bond motifs is 9. The predicted molar refractivity (Wildman–Crippen MR) is 218 cm³/mol. The number of hydrogen-bond acceptors (Lipinski definition) is 1. The fourth-order valence-corrected chi connectivity index (χ4v) is 8.44. The van der Waals surface area contributed by atoms with E-state index in [1.807, 2.05) is 0 Å². The Labute approximate surface area is 294 Å². The molecule has 51 heavy (non-hydrogen) atoms. The molecule has 0 saturated carbocycles. The van der Waals surface area contributed by atoms with E-state index in [0.717, 1.165) is 27.3 Å². The zero-order chi connectivity index (χ0) is 33.5. The number of benzene rings is 10. The van der Waals surface area contributed by atoms with Crippen molar-refractivity contribution < 1.29 is 4.42 Å². The van der Waals surface area contributed by atoms with E-state index in [4.69, 9.17) is 4.42 Å². The van der Waals surface area contributed by atoms with Gasteiger partial charge in [0.15, 0.2) is 0 Å². The predicted octanol–water partition coefficient (Wildman–Crippen LogP) is 14.4. The van der Waals surface area contributed by atoms with E-state index < -0.39 is 0 Å². The zero-order valence-electron chi connectivity index (χ0n) is 27.7. The topological polar surface area (TPSA) is 13.1 Å². The average Bonchev–Trinajstić information content (AvgIpc) is 3.58. The first-order valence-electron chi connectivity index (χ1n) is 17.6. The lowest BCUT2D eigenvalue weighted by Crippen LogP contribution is -1.92. The molecule has 0 atom stereocenters. The van der Waals surface area contributed by atoms with Gasteiger partial charge in [-0.15, -0.1) is 0 Å². The van der Waals surface area contributed by atoms with Gasteiger partial charge in [0, 0.05) is 16.2 Å². The Morgan fingerprint density at radius 2 is 0.824 bits per heavy atom. The molecule has 1 heterocycles. The SMILES string of the molecule is c1ccc2cc(-c3c4ccccc4c(-c4cc(-c5ccc6oc7c8ccccc8ccc7c6c5)cc5ccccc45)c4ccccc34)ccc2c1. The van der Waals surface area contributed by atoms with Crippen LogP contribution < -0.4 is 0 Å². The van der Waals surface area contributed by atoms with E-state index in [9.17, 15) is 0 Å². The molecule has 0 unspecified atom stereocenters. The fraction of sp³-hybridized carbons (Fsp3) is 0. The van der Waals surface area contributed by atoms with Gasteiger partial charge in [0.1, 0.15) is 11.2 Å². The summed E-state index contributed by atoms with van der Waals surface area (Å²) < 4.78 is 6.49. The molecule has 1 nitrogen and oxygen atoms in total. The molecule has 236 valence electrons. The lowest BCUT2D eigenvalue weighted by molar-refractivity contribution is 0.672. The Kier molecular flexibility index (Phi) is 6.02. The van der Waals surface area contributed by atoms with Crippen molar-refractivity contribution in [3.05, 3.63) is 182 Å². The normalized spacial score (nSPS) is 11.9.